The minimum absolute atomic E-state index is 0.764. The zero-order valence-electron chi connectivity index (χ0n) is 23.8. The first-order chi connectivity index (χ1) is 18.7. The summed E-state index contributed by atoms with van der Waals surface area (Å²) in [6.45, 7) is 23.9. The van der Waals surface area contributed by atoms with Gasteiger partial charge in [-0.05, 0) is 53.1 Å². The molecule has 0 aliphatic carbocycles. The number of ether oxygens (including phenoxy) is 2. The second-order valence-corrected chi connectivity index (χ2v) is 7.22. The van der Waals surface area contributed by atoms with E-state index >= 15 is 0 Å². The first-order valence-electron chi connectivity index (χ1n) is 13.4. The van der Waals surface area contributed by atoms with Gasteiger partial charge in [0.2, 0.25) is 0 Å². The molecule has 38 heavy (non-hydrogen) atoms. The van der Waals surface area contributed by atoms with Gasteiger partial charge in [-0.1, -0.05) is 134 Å². The van der Waals surface area contributed by atoms with Crippen molar-refractivity contribution in [2.75, 3.05) is 0 Å². The lowest BCUT2D eigenvalue weighted by Gasteiger charge is -2.12. The van der Waals surface area contributed by atoms with Gasteiger partial charge in [-0.25, -0.2) is 0 Å². The van der Waals surface area contributed by atoms with Gasteiger partial charge in [0.15, 0.2) is 0 Å². The van der Waals surface area contributed by atoms with Crippen molar-refractivity contribution in [3.05, 3.63) is 139 Å². The third kappa shape index (κ3) is 8.97. The van der Waals surface area contributed by atoms with Crippen molar-refractivity contribution in [1.82, 2.24) is 0 Å². The van der Waals surface area contributed by atoms with E-state index in [2.05, 4.69) is 19.7 Å². The Hall–Kier alpha value is -4.30. The van der Waals surface area contributed by atoms with Crippen LogP contribution in [0.3, 0.4) is 0 Å². The molecule has 0 atom stereocenters. The molecule has 0 amide bonds. The molecule has 0 unspecified atom stereocenters. The van der Waals surface area contributed by atoms with E-state index in [9.17, 15) is 0 Å². The summed E-state index contributed by atoms with van der Waals surface area (Å²) in [7, 11) is 0. The first-order valence-corrected chi connectivity index (χ1v) is 13.4. The highest BCUT2D eigenvalue weighted by Crippen LogP contribution is 2.31. The lowest BCUT2D eigenvalue weighted by Crippen LogP contribution is -1.90. The van der Waals surface area contributed by atoms with Crippen molar-refractivity contribution in [1.29, 1.82) is 0 Å². The van der Waals surface area contributed by atoms with E-state index in [4.69, 9.17) is 9.47 Å². The molecule has 0 saturated carbocycles. The van der Waals surface area contributed by atoms with E-state index in [0.717, 1.165) is 50.8 Å². The van der Waals surface area contributed by atoms with Crippen LogP contribution < -0.4 is 9.47 Å². The van der Waals surface area contributed by atoms with Gasteiger partial charge in [-0.3, -0.25) is 0 Å². The molecule has 0 fully saturated rings. The Morgan fingerprint density at radius 2 is 0.816 bits per heavy atom. The van der Waals surface area contributed by atoms with E-state index in [-0.39, 0.29) is 0 Å². The number of hydrogen-bond acceptors (Lipinski definition) is 2. The summed E-state index contributed by atoms with van der Waals surface area (Å²) in [6.07, 6.45) is 3.57. The van der Waals surface area contributed by atoms with E-state index in [0.29, 0.717) is 0 Å². The van der Waals surface area contributed by atoms with Gasteiger partial charge in [0, 0.05) is 11.1 Å². The molecule has 4 aromatic carbocycles. The minimum Gasteiger partial charge on any atom is -0.457 e. The zero-order valence-corrected chi connectivity index (χ0v) is 23.8. The molecule has 0 heterocycles. The van der Waals surface area contributed by atoms with Crippen LogP contribution in [0.25, 0.3) is 17.7 Å². The molecule has 2 heteroatoms. The van der Waals surface area contributed by atoms with Crippen LogP contribution in [-0.2, 0) is 0 Å². The number of rotatable bonds is 8. The molecule has 0 aliphatic heterocycles. The lowest BCUT2D eigenvalue weighted by molar-refractivity contribution is 0.481. The van der Waals surface area contributed by atoms with E-state index in [1.807, 2.05) is 139 Å². The highest BCUT2D eigenvalue weighted by Gasteiger charge is 2.07. The third-order valence-electron chi connectivity index (χ3n) is 5.14. The Kier molecular flexibility index (Phi) is 15.0. The summed E-state index contributed by atoms with van der Waals surface area (Å²) >= 11 is 0. The topological polar surface area (TPSA) is 18.5 Å². The Morgan fingerprint density at radius 1 is 0.500 bits per heavy atom. The minimum atomic E-state index is 0.764. The Morgan fingerprint density at radius 3 is 1.13 bits per heavy atom. The smallest absolute Gasteiger partial charge is 0.134 e. The fourth-order valence-electron chi connectivity index (χ4n) is 3.35. The van der Waals surface area contributed by atoms with Crippen molar-refractivity contribution in [2.24, 2.45) is 0 Å². The zero-order chi connectivity index (χ0) is 28.3. The number of hydrogen-bond donors (Lipinski definition) is 0. The molecule has 0 bridgehead atoms. The van der Waals surface area contributed by atoms with Crippen LogP contribution in [0.1, 0.15) is 63.8 Å². The van der Waals surface area contributed by atoms with Crippen molar-refractivity contribution in [2.45, 2.75) is 41.5 Å². The van der Waals surface area contributed by atoms with E-state index in [1.165, 1.54) is 0 Å². The average molecular weight is 507 g/mol. The van der Waals surface area contributed by atoms with E-state index in [1.54, 1.807) is 12.2 Å². The molecule has 2 nitrogen and oxygen atoms in total. The van der Waals surface area contributed by atoms with Crippen molar-refractivity contribution in [3.63, 3.8) is 0 Å². The highest BCUT2D eigenvalue weighted by molar-refractivity contribution is 5.78. The molecule has 0 aromatic heterocycles. The Balaban J connectivity index is 0.00000112. The van der Waals surface area contributed by atoms with Crippen molar-refractivity contribution >= 4 is 17.7 Å². The largest absolute Gasteiger partial charge is 0.457 e. The lowest BCUT2D eigenvalue weighted by atomic mass is 9.99. The molecule has 4 aromatic rings. The van der Waals surface area contributed by atoms with Crippen LogP contribution in [0, 0.1) is 0 Å². The first kappa shape index (κ1) is 31.7. The molecule has 0 radical (unpaired) electrons. The molecule has 0 saturated heterocycles. The second kappa shape index (κ2) is 18.0. The van der Waals surface area contributed by atoms with Crippen LogP contribution in [0.5, 0.6) is 23.0 Å². The maximum absolute atomic E-state index is 6.01. The van der Waals surface area contributed by atoms with Crippen LogP contribution in [-0.4, -0.2) is 0 Å². The maximum atomic E-state index is 6.01. The fraction of sp³-hybridized carbons (Fsp3) is 0.167. The van der Waals surface area contributed by atoms with Gasteiger partial charge in [0.1, 0.15) is 23.0 Å². The molecular formula is C36H42O2. The Bertz CT molecular complexity index is 1150. The second-order valence-electron chi connectivity index (χ2n) is 7.22. The summed E-state index contributed by atoms with van der Waals surface area (Å²) in [6, 6.07) is 31.5. The quantitative estimate of drug-likeness (QED) is 0.236. The average Bonchev–Trinajstić information content (AvgIpc) is 3.01. The molecule has 0 N–H and O–H groups in total. The summed E-state index contributed by atoms with van der Waals surface area (Å²) in [4.78, 5) is 0. The van der Waals surface area contributed by atoms with Gasteiger partial charge in [-0.15, -0.1) is 0 Å². The van der Waals surface area contributed by atoms with Gasteiger partial charge < -0.3 is 9.47 Å². The summed E-state index contributed by atoms with van der Waals surface area (Å²) < 4.78 is 12.0. The standard InChI is InChI=1S/C30H24O2.3C2H6/c1-4-23-10-6-8-12-29(23)31-27-18-14-25(15-19-27)22(3)26-16-20-28(21-17-26)32-30-13-9-7-11-24(30)5-2;3*1-2/h4-21H,1-3H2;3*1-2H3. The van der Waals surface area contributed by atoms with Crippen LogP contribution in [0.2, 0.25) is 0 Å². The summed E-state index contributed by atoms with van der Waals surface area (Å²) in [5, 5.41) is 0. The van der Waals surface area contributed by atoms with E-state index < -0.39 is 0 Å². The third-order valence-corrected chi connectivity index (χ3v) is 5.14. The molecule has 0 aliphatic rings. The fourth-order valence-corrected chi connectivity index (χ4v) is 3.35. The molecule has 4 rings (SSSR count). The van der Waals surface area contributed by atoms with Gasteiger partial charge in [0.25, 0.3) is 0 Å². The number of para-hydroxylation sites is 2. The number of benzene rings is 4. The SMILES string of the molecule is C=Cc1ccccc1Oc1ccc(C(=C)c2ccc(Oc3ccccc3C=C)cc2)cc1.CC.CC.CC. The van der Waals surface area contributed by atoms with Crippen molar-refractivity contribution in [3.8, 4) is 23.0 Å². The summed E-state index contributed by atoms with van der Waals surface area (Å²) in [5.41, 5.74) is 4.90. The van der Waals surface area contributed by atoms with Gasteiger partial charge in [-0.2, -0.15) is 0 Å². The summed E-state index contributed by atoms with van der Waals surface area (Å²) in [5.74, 6) is 3.09. The normalized spacial score (nSPS) is 9.11. The molecular weight excluding hydrogens is 464 g/mol. The molecule has 0 spiro atoms. The van der Waals surface area contributed by atoms with Gasteiger partial charge in [0.05, 0.1) is 0 Å². The van der Waals surface area contributed by atoms with Crippen LogP contribution in [0.4, 0.5) is 0 Å². The molecule has 198 valence electrons. The Labute approximate surface area is 230 Å². The predicted molar refractivity (Wildman–Crippen MR) is 168 cm³/mol. The van der Waals surface area contributed by atoms with Crippen molar-refractivity contribution < 1.29 is 9.47 Å². The monoisotopic (exact) mass is 506 g/mol. The van der Waals surface area contributed by atoms with Crippen LogP contribution >= 0.6 is 0 Å². The maximum Gasteiger partial charge on any atom is 0.134 e. The van der Waals surface area contributed by atoms with Crippen LogP contribution in [0.15, 0.2) is 117 Å². The van der Waals surface area contributed by atoms with Gasteiger partial charge >= 0.3 is 0 Å². The predicted octanol–water partition coefficient (Wildman–Crippen LogP) is 11.7. The highest BCUT2D eigenvalue weighted by atomic mass is 16.5.